The highest BCUT2D eigenvalue weighted by atomic mass is 19.1. The number of benzene rings is 1. The first-order valence-corrected chi connectivity index (χ1v) is 9.53. The summed E-state index contributed by atoms with van der Waals surface area (Å²) in [5.74, 6) is 4.82. The van der Waals surface area contributed by atoms with Crippen molar-refractivity contribution in [2.24, 2.45) is 5.92 Å². The zero-order valence-electron chi connectivity index (χ0n) is 16.5. The Morgan fingerprint density at radius 3 is 2.50 bits per heavy atom. The average molecular weight is 380 g/mol. The molecule has 146 valence electrons. The van der Waals surface area contributed by atoms with Gasteiger partial charge in [0.2, 0.25) is 5.82 Å². The van der Waals surface area contributed by atoms with Crippen molar-refractivity contribution in [1.82, 2.24) is 9.97 Å². The average Bonchev–Trinajstić information content (AvgIpc) is 2.66. The molecule has 3 rings (SSSR count). The molecule has 3 atom stereocenters. The normalized spacial score (nSPS) is 24.7. The fraction of sp³-hybridized carbons (Fsp3) is 0.435. The van der Waals surface area contributed by atoms with E-state index in [9.17, 15) is 4.79 Å². The summed E-state index contributed by atoms with van der Waals surface area (Å²) in [6.07, 6.45) is 3.86. The third kappa shape index (κ3) is 5.16. The molecule has 0 radical (unpaired) electrons. The largest absolute Gasteiger partial charge is 0.460 e. The van der Waals surface area contributed by atoms with Crippen LogP contribution in [0.1, 0.15) is 57.3 Å². The molecular weight excluding hydrogens is 355 g/mol. The Kier molecular flexibility index (Phi) is 5.79. The fourth-order valence-electron chi connectivity index (χ4n) is 3.53. The zero-order chi connectivity index (χ0) is 20.2. The second-order valence-electron chi connectivity index (χ2n) is 8.19. The molecule has 28 heavy (non-hydrogen) atoms. The molecule has 1 unspecified atom stereocenters. The highest BCUT2D eigenvalue weighted by Crippen LogP contribution is 2.45. The summed E-state index contributed by atoms with van der Waals surface area (Å²) in [6.45, 7) is 5.53. The number of carbonyl (C=O) groups is 1. The molecular formula is C23H25FN2O2. The molecule has 0 N–H and O–H groups in total. The second kappa shape index (κ2) is 8.10. The minimum atomic E-state index is -1.70. The first kappa shape index (κ1) is 20.0. The molecule has 0 saturated heterocycles. The molecule has 1 aliphatic carbocycles. The van der Waals surface area contributed by atoms with Crippen molar-refractivity contribution < 1.29 is 13.9 Å². The van der Waals surface area contributed by atoms with Crippen molar-refractivity contribution >= 4 is 5.97 Å². The van der Waals surface area contributed by atoms with Crippen molar-refractivity contribution in [1.29, 1.82) is 0 Å². The topological polar surface area (TPSA) is 52.1 Å². The van der Waals surface area contributed by atoms with E-state index in [4.69, 9.17) is 4.74 Å². The highest BCUT2D eigenvalue weighted by molar-refractivity contribution is 5.74. The van der Waals surface area contributed by atoms with Gasteiger partial charge >= 0.3 is 5.97 Å². The van der Waals surface area contributed by atoms with Crippen LogP contribution in [0.2, 0.25) is 0 Å². The minimum Gasteiger partial charge on any atom is -0.460 e. The lowest BCUT2D eigenvalue weighted by molar-refractivity contribution is -0.162. The minimum absolute atomic E-state index is 0.140. The second-order valence-corrected chi connectivity index (χ2v) is 8.19. The Morgan fingerprint density at radius 1 is 1.18 bits per heavy atom. The highest BCUT2D eigenvalue weighted by Gasteiger charge is 2.45. The van der Waals surface area contributed by atoms with Gasteiger partial charge in [0.25, 0.3) is 0 Å². The van der Waals surface area contributed by atoms with Crippen LogP contribution in [0.4, 0.5) is 4.39 Å². The summed E-state index contributed by atoms with van der Waals surface area (Å²) < 4.78 is 21.2. The van der Waals surface area contributed by atoms with Crippen molar-refractivity contribution in [2.75, 3.05) is 0 Å². The maximum absolute atomic E-state index is 15.6. The smallest absolute Gasteiger partial charge is 0.310 e. The van der Waals surface area contributed by atoms with Crippen molar-refractivity contribution in [2.45, 2.75) is 57.2 Å². The summed E-state index contributed by atoms with van der Waals surface area (Å²) in [4.78, 5) is 20.8. The van der Waals surface area contributed by atoms with Crippen LogP contribution in [0.5, 0.6) is 0 Å². The van der Waals surface area contributed by atoms with Crippen molar-refractivity contribution in [3.63, 3.8) is 0 Å². The number of ether oxygens (including phenoxy) is 1. The number of aromatic nitrogens is 2. The van der Waals surface area contributed by atoms with E-state index >= 15 is 4.39 Å². The van der Waals surface area contributed by atoms with Gasteiger partial charge in [-0.3, -0.25) is 4.79 Å². The van der Waals surface area contributed by atoms with Crippen LogP contribution in [0, 0.1) is 17.8 Å². The Morgan fingerprint density at radius 2 is 1.86 bits per heavy atom. The third-order valence-corrected chi connectivity index (χ3v) is 4.78. The summed E-state index contributed by atoms with van der Waals surface area (Å²) in [6, 6.07) is 11.3. The number of halogens is 1. The summed E-state index contributed by atoms with van der Waals surface area (Å²) in [5, 5.41) is 0. The number of alkyl halides is 1. The Bertz CT molecular complexity index is 868. The molecule has 1 aromatic heterocycles. The molecule has 1 aromatic carbocycles. The van der Waals surface area contributed by atoms with Gasteiger partial charge in [-0.05, 0) is 51.2 Å². The Hall–Kier alpha value is -2.74. The first-order valence-electron chi connectivity index (χ1n) is 9.53. The maximum Gasteiger partial charge on any atom is 0.310 e. The molecule has 5 heteroatoms. The molecule has 0 spiro atoms. The van der Waals surface area contributed by atoms with Crippen LogP contribution in [0.3, 0.4) is 0 Å². The molecule has 1 fully saturated rings. The third-order valence-electron chi connectivity index (χ3n) is 4.78. The predicted octanol–water partition coefficient (Wildman–Crippen LogP) is 4.46. The van der Waals surface area contributed by atoms with Crippen LogP contribution in [-0.4, -0.2) is 27.2 Å². The number of rotatable bonds is 2. The van der Waals surface area contributed by atoms with Crippen LogP contribution in [0.25, 0.3) is 0 Å². The summed E-state index contributed by atoms with van der Waals surface area (Å²) >= 11 is 0. The van der Waals surface area contributed by atoms with E-state index in [1.165, 1.54) is 0 Å². The molecule has 4 nitrogen and oxygen atoms in total. The van der Waals surface area contributed by atoms with E-state index in [-0.39, 0.29) is 30.6 Å². The lowest BCUT2D eigenvalue weighted by Gasteiger charge is -2.37. The van der Waals surface area contributed by atoms with Crippen molar-refractivity contribution in [3.8, 4) is 11.8 Å². The number of hydrogen-bond donors (Lipinski definition) is 0. The zero-order valence-corrected chi connectivity index (χ0v) is 16.5. The summed E-state index contributed by atoms with van der Waals surface area (Å²) in [7, 11) is 0. The fourth-order valence-corrected chi connectivity index (χ4v) is 3.53. The van der Waals surface area contributed by atoms with E-state index in [1.807, 2.05) is 51.1 Å². The van der Waals surface area contributed by atoms with E-state index in [1.54, 1.807) is 18.5 Å². The van der Waals surface area contributed by atoms with Gasteiger partial charge in [-0.15, -0.1) is 0 Å². The first-order chi connectivity index (χ1) is 13.3. The molecule has 2 aromatic rings. The summed E-state index contributed by atoms with van der Waals surface area (Å²) in [5.41, 5.74) is -1.34. The van der Waals surface area contributed by atoms with Crippen LogP contribution in [-0.2, 0) is 9.53 Å². The standard InChI is InChI=1S/C23H25FN2O2/c1-22(2,3)28-21(27)18-10-12-23(24,13-11-20-25-14-7-15-26-20)16-19(18)17-8-5-4-6-9-17/h4-9,14-15,18-19H,10,12,16H2,1-3H3/t18-,19+,23?/m1/s1. The number of esters is 1. The van der Waals surface area contributed by atoms with E-state index < -0.39 is 11.3 Å². The quantitative estimate of drug-likeness (QED) is 0.570. The van der Waals surface area contributed by atoms with Crippen LogP contribution >= 0.6 is 0 Å². The van der Waals surface area contributed by atoms with Gasteiger partial charge in [-0.2, -0.15) is 0 Å². The lowest BCUT2D eigenvalue weighted by atomic mass is 9.70. The lowest BCUT2D eigenvalue weighted by Crippen LogP contribution is -2.39. The molecule has 1 saturated carbocycles. The Balaban J connectivity index is 1.87. The number of carbonyl (C=O) groups excluding carboxylic acids is 1. The monoisotopic (exact) mass is 380 g/mol. The molecule has 0 aliphatic heterocycles. The van der Waals surface area contributed by atoms with Crippen molar-refractivity contribution in [3.05, 3.63) is 60.2 Å². The van der Waals surface area contributed by atoms with E-state index in [0.717, 1.165) is 5.56 Å². The Labute approximate surface area is 165 Å². The van der Waals surface area contributed by atoms with E-state index in [2.05, 4.69) is 21.8 Å². The van der Waals surface area contributed by atoms with Gasteiger partial charge in [0.1, 0.15) is 5.60 Å². The van der Waals surface area contributed by atoms with Gasteiger partial charge in [0.05, 0.1) is 5.92 Å². The maximum atomic E-state index is 15.6. The molecule has 0 amide bonds. The molecule has 1 heterocycles. The van der Waals surface area contributed by atoms with Crippen LogP contribution in [0.15, 0.2) is 48.8 Å². The van der Waals surface area contributed by atoms with Gasteiger partial charge in [0.15, 0.2) is 5.67 Å². The van der Waals surface area contributed by atoms with Gasteiger partial charge in [0, 0.05) is 24.7 Å². The number of hydrogen-bond acceptors (Lipinski definition) is 4. The molecule has 1 aliphatic rings. The predicted molar refractivity (Wildman–Crippen MR) is 105 cm³/mol. The van der Waals surface area contributed by atoms with Gasteiger partial charge in [-0.25, -0.2) is 14.4 Å². The van der Waals surface area contributed by atoms with Crippen LogP contribution < -0.4 is 0 Å². The van der Waals surface area contributed by atoms with Gasteiger partial charge < -0.3 is 4.74 Å². The van der Waals surface area contributed by atoms with E-state index in [0.29, 0.717) is 12.2 Å². The van der Waals surface area contributed by atoms with Gasteiger partial charge in [-0.1, -0.05) is 36.3 Å². The SMILES string of the molecule is CC(C)(C)OC(=O)[C@@H]1CCC(F)(C#Cc2ncccn2)C[C@H]1c1ccccc1. The number of nitrogens with zero attached hydrogens (tertiary/aromatic N) is 2. The molecule has 0 bridgehead atoms.